The van der Waals surface area contributed by atoms with Crippen LogP contribution in [0.2, 0.25) is 0 Å². The van der Waals surface area contributed by atoms with E-state index in [1.54, 1.807) is 13.8 Å². The summed E-state index contributed by atoms with van der Waals surface area (Å²) < 4.78 is 14.9. The summed E-state index contributed by atoms with van der Waals surface area (Å²) in [5.41, 5.74) is 1.94. The molecule has 2 aromatic rings. The lowest BCUT2D eigenvalue weighted by atomic mass is 10.2. The Balaban J connectivity index is 2.30. The van der Waals surface area contributed by atoms with Crippen LogP contribution in [0.1, 0.15) is 29.9 Å². The van der Waals surface area contributed by atoms with Crippen LogP contribution in [0.25, 0.3) is 0 Å². The van der Waals surface area contributed by atoms with Crippen LogP contribution >= 0.6 is 11.5 Å². The summed E-state index contributed by atoms with van der Waals surface area (Å²) in [6, 6.07) is 7.59. The number of carbonyl (C=O) groups excluding carboxylic acids is 1. The average Bonchev–Trinajstić information content (AvgIpc) is 2.82. The molecular weight excluding hydrogens is 288 g/mol. The first-order chi connectivity index (χ1) is 10.2. The zero-order chi connectivity index (χ0) is 15.2. The van der Waals surface area contributed by atoms with Gasteiger partial charge in [0, 0.05) is 0 Å². The van der Waals surface area contributed by atoms with Crippen LogP contribution in [0.4, 0.5) is 10.7 Å². The molecule has 0 fully saturated rings. The highest BCUT2D eigenvalue weighted by Gasteiger charge is 2.20. The van der Waals surface area contributed by atoms with E-state index in [0.29, 0.717) is 29.5 Å². The van der Waals surface area contributed by atoms with E-state index in [2.05, 4.69) is 9.69 Å². The second-order valence-electron chi connectivity index (χ2n) is 4.25. The van der Waals surface area contributed by atoms with Crippen molar-refractivity contribution in [1.29, 1.82) is 0 Å². The fourth-order valence-corrected chi connectivity index (χ4v) is 2.67. The van der Waals surface area contributed by atoms with Gasteiger partial charge in [-0.15, -0.1) is 0 Å². The molecule has 21 heavy (non-hydrogen) atoms. The molecule has 0 atom stereocenters. The maximum absolute atomic E-state index is 12.0. The first-order valence-corrected chi connectivity index (χ1v) is 7.56. The summed E-state index contributed by atoms with van der Waals surface area (Å²) in [4.78, 5) is 12.0. The van der Waals surface area contributed by atoms with Crippen LogP contribution in [-0.2, 0) is 4.74 Å². The van der Waals surface area contributed by atoms with Crippen molar-refractivity contribution >= 4 is 28.2 Å². The van der Waals surface area contributed by atoms with E-state index >= 15 is 0 Å². The van der Waals surface area contributed by atoms with Crippen molar-refractivity contribution in [3.63, 3.8) is 0 Å². The third kappa shape index (κ3) is 3.52. The summed E-state index contributed by atoms with van der Waals surface area (Å²) in [6.07, 6.45) is 0. The number of hydrogen-bond acceptors (Lipinski definition) is 6. The van der Waals surface area contributed by atoms with Gasteiger partial charge in [0.25, 0.3) is 0 Å². The minimum absolute atomic E-state index is 0.336. The van der Waals surface area contributed by atoms with Gasteiger partial charge in [-0.05, 0) is 44.4 Å². The van der Waals surface area contributed by atoms with Crippen molar-refractivity contribution in [3.8, 4) is 5.75 Å². The van der Waals surface area contributed by atoms with E-state index in [4.69, 9.17) is 9.47 Å². The zero-order valence-electron chi connectivity index (χ0n) is 12.3. The number of aryl methyl sites for hydroxylation is 1. The molecule has 0 aliphatic heterocycles. The first-order valence-electron chi connectivity index (χ1n) is 6.79. The van der Waals surface area contributed by atoms with Crippen molar-refractivity contribution in [2.75, 3.05) is 18.5 Å². The molecule has 5 nitrogen and oxygen atoms in total. The number of rotatable bonds is 6. The summed E-state index contributed by atoms with van der Waals surface area (Å²) in [6.45, 7) is 6.42. The molecule has 0 radical (unpaired) electrons. The lowest BCUT2D eigenvalue weighted by molar-refractivity contribution is 0.0527. The molecule has 0 saturated carbocycles. The van der Waals surface area contributed by atoms with Crippen LogP contribution in [0.15, 0.2) is 24.3 Å². The lowest BCUT2D eigenvalue weighted by Gasteiger charge is -2.11. The standard InChI is InChI=1S/C15H18N2O3S/c1-4-19-12-9-7-6-8-11(12)16-14-13(10(3)17-21-14)15(18)20-5-2/h6-9,16H,4-5H2,1-3H3. The Morgan fingerprint density at radius 1 is 1.29 bits per heavy atom. The van der Waals surface area contributed by atoms with Crippen molar-refractivity contribution in [1.82, 2.24) is 4.37 Å². The molecule has 0 aliphatic carbocycles. The lowest BCUT2D eigenvalue weighted by Crippen LogP contribution is -2.08. The number of ether oxygens (including phenoxy) is 2. The summed E-state index contributed by atoms with van der Waals surface area (Å²) in [5.74, 6) is 0.376. The van der Waals surface area contributed by atoms with Crippen LogP contribution in [0.3, 0.4) is 0 Å². The molecule has 0 spiro atoms. The van der Waals surface area contributed by atoms with Crippen LogP contribution in [0.5, 0.6) is 5.75 Å². The van der Waals surface area contributed by atoms with E-state index < -0.39 is 0 Å². The Labute approximate surface area is 128 Å². The molecule has 1 aromatic carbocycles. The number of para-hydroxylation sites is 2. The van der Waals surface area contributed by atoms with Gasteiger partial charge in [0.1, 0.15) is 16.3 Å². The third-order valence-electron chi connectivity index (χ3n) is 2.78. The van der Waals surface area contributed by atoms with Crippen molar-refractivity contribution in [2.24, 2.45) is 0 Å². The summed E-state index contributed by atoms with van der Waals surface area (Å²) in [5, 5.41) is 3.88. The average molecular weight is 306 g/mol. The van der Waals surface area contributed by atoms with Gasteiger partial charge in [0.15, 0.2) is 0 Å². The molecular formula is C15H18N2O3S. The van der Waals surface area contributed by atoms with Gasteiger partial charge >= 0.3 is 5.97 Å². The Bertz CT molecular complexity index is 625. The highest BCUT2D eigenvalue weighted by atomic mass is 32.1. The topological polar surface area (TPSA) is 60.5 Å². The summed E-state index contributed by atoms with van der Waals surface area (Å²) >= 11 is 1.23. The fourth-order valence-electron chi connectivity index (χ4n) is 1.87. The molecule has 2 rings (SSSR count). The van der Waals surface area contributed by atoms with Crippen LogP contribution < -0.4 is 10.1 Å². The number of nitrogens with zero attached hydrogens (tertiary/aromatic N) is 1. The first kappa shape index (κ1) is 15.3. The molecule has 1 heterocycles. The van der Waals surface area contributed by atoms with Crippen molar-refractivity contribution < 1.29 is 14.3 Å². The normalized spacial score (nSPS) is 10.2. The second kappa shape index (κ2) is 7.08. The second-order valence-corrected chi connectivity index (χ2v) is 5.02. The van der Waals surface area contributed by atoms with Gasteiger partial charge in [-0.2, -0.15) is 4.37 Å². The highest BCUT2D eigenvalue weighted by molar-refractivity contribution is 7.10. The number of aromatic nitrogens is 1. The van der Waals surface area contributed by atoms with Crippen molar-refractivity contribution in [2.45, 2.75) is 20.8 Å². The SMILES string of the molecule is CCOC(=O)c1c(C)nsc1Nc1ccccc1OCC. The number of carbonyl (C=O) groups is 1. The smallest absolute Gasteiger partial charge is 0.343 e. The van der Waals surface area contributed by atoms with Crippen LogP contribution in [0, 0.1) is 6.92 Å². The maximum Gasteiger partial charge on any atom is 0.343 e. The predicted octanol–water partition coefficient (Wildman–Crippen LogP) is 3.77. The molecule has 1 N–H and O–H groups in total. The molecule has 112 valence electrons. The van der Waals surface area contributed by atoms with E-state index in [-0.39, 0.29) is 5.97 Å². The van der Waals surface area contributed by atoms with Gasteiger partial charge in [-0.3, -0.25) is 0 Å². The molecule has 0 unspecified atom stereocenters. The Hall–Kier alpha value is -2.08. The van der Waals surface area contributed by atoms with Gasteiger partial charge in [0.2, 0.25) is 0 Å². The highest BCUT2D eigenvalue weighted by Crippen LogP contribution is 2.33. The largest absolute Gasteiger partial charge is 0.492 e. The minimum Gasteiger partial charge on any atom is -0.492 e. The number of anilines is 2. The van der Waals surface area contributed by atoms with E-state index in [1.807, 2.05) is 31.2 Å². The predicted molar refractivity (Wildman–Crippen MR) is 83.7 cm³/mol. The van der Waals surface area contributed by atoms with Gasteiger partial charge < -0.3 is 14.8 Å². The Morgan fingerprint density at radius 2 is 2.05 bits per heavy atom. The van der Waals surface area contributed by atoms with Crippen molar-refractivity contribution in [3.05, 3.63) is 35.5 Å². The summed E-state index contributed by atoms with van der Waals surface area (Å²) in [7, 11) is 0. The quantitative estimate of drug-likeness (QED) is 0.823. The zero-order valence-corrected chi connectivity index (χ0v) is 13.1. The molecule has 1 aromatic heterocycles. The van der Waals surface area contributed by atoms with Gasteiger partial charge in [-0.25, -0.2) is 4.79 Å². The van der Waals surface area contributed by atoms with Gasteiger partial charge in [-0.1, -0.05) is 12.1 Å². The minimum atomic E-state index is -0.361. The molecule has 0 bridgehead atoms. The molecule has 0 saturated heterocycles. The van der Waals surface area contributed by atoms with Gasteiger partial charge in [0.05, 0.1) is 24.6 Å². The number of nitrogens with one attached hydrogen (secondary N) is 1. The molecule has 6 heteroatoms. The van der Waals surface area contributed by atoms with E-state index in [0.717, 1.165) is 11.4 Å². The Morgan fingerprint density at radius 3 is 2.76 bits per heavy atom. The number of benzene rings is 1. The number of hydrogen-bond donors (Lipinski definition) is 1. The fraction of sp³-hybridized carbons (Fsp3) is 0.333. The Kier molecular flexibility index (Phi) is 5.16. The van der Waals surface area contributed by atoms with E-state index in [1.165, 1.54) is 11.5 Å². The third-order valence-corrected chi connectivity index (χ3v) is 3.63. The van der Waals surface area contributed by atoms with Crippen LogP contribution in [-0.4, -0.2) is 23.6 Å². The molecule has 0 amide bonds. The monoisotopic (exact) mass is 306 g/mol. The van der Waals surface area contributed by atoms with E-state index in [9.17, 15) is 4.79 Å². The maximum atomic E-state index is 12.0. The number of esters is 1. The molecule has 0 aliphatic rings.